The number of nitrogens with two attached hydrogens (primary N) is 1. The smallest absolute Gasteiger partial charge is 0.183 e. The molecule has 20 heavy (non-hydrogen) atoms. The Morgan fingerprint density at radius 3 is 2.50 bits per heavy atom. The number of ether oxygens (including phenoxy) is 2. The van der Waals surface area contributed by atoms with Crippen LogP contribution in [0.2, 0.25) is 0 Å². The number of hydrogen-bond acceptors (Lipinski definition) is 5. The Labute approximate surface area is 137 Å². The molecule has 0 amide bonds. The molecule has 2 atom stereocenters. The SMILES string of the molecule is COCCN(C(C)COC)C(CN)c1cc(Br)c(Br)o1. The number of halogens is 2. The first-order chi connectivity index (χ1) is 9.54. The lowest BCUT2D eigenvalue weighted by molar-refractivity contribution is 0.0422. The lowest BCUT2D eigenvalue weighted by atomic mass is 10.1. The molecule has 1 heterocycles. The van der Waals surface area contributed by atoms with Gasteiger partial charge in [-0.1, -0.05) is 0 Å². The van der Waals surface area contributed by atoms with E-state index in [-0.39, 0.29) is 12.1 Å². The van der Waals surface area contributed by atoms with Gasteiger partial charge in [-0.25, -0.2) is 0 Å². The maximum Gasteiger partial charge on any atom is 0.183 e. The summed E-state index contributed by atoms with van der Waals surface area (Å²) >= 11 is 6.79. The second-order valence-corrected chi connectivity index (χ2v) is 6.13. The summed E-state index contributed by atoms with van der Waals surface area (Å²) < 4.78 is 17.7. The van der Waals surface area contributed by atoms with Crippen LogP contribution in [0.3, 0.4) is 0 Å². The lowest BCUT2D eigenvalue weighted by Gasteiger charge is -2.34. The van der Waals surface area contributed by atoms with Crippen molar-refractivity contribution in [3.05, 3.63) is 21.0 Å². The third kappa shape index (κ3) is 4.82. The maximum absolute atomic E-state index is 5.96. The predicted octanol–water partition coefficient (Wildman–Crippen LogP) is 2.79. The van der Waals surface area contributed by atoms with Gasteiger partial charge in [-0.15, -0.1) is 0 Å². The van der Waals surface area contributed by atoms with Gasteiger partial charge >= 0.3 is 0 Å². The van der Waals surface area contributed by atoms with Crippen LogP contribution < -0.4 is 5.73 Å². The van der Waals surface area contributed by atoms with Crippen molar-refractivity contribution in [3.8, 4) is 0 Å². The van der Waals surface area contributed by atoms with Gasteiger partial charge in [0.15, 0.2) is 4.67 Å². The van der Waals surface area contributed by atoms with Gasteiger partial charge in [0, 0.05) is 33.4 Å². The van der Waals surface area contributed by atoms with Crippen molar-refractivity contribution in [1.82, 2.24) is 4.90 Å². The molecule has 0 bridgehead atoms. The monoisotopic (exact) mass is 412 g/mol. The average Bonchev–Trinajstić information content (AvgIpc) is 2.74. The Balaban J connectivity index is 2.94. The van der Waals surface area contributed by atoms with Crippen molar-refractivity contribution in [2.75, 3.05) is 40.5 Å². The standard InChI is InChI=1S/C13H22Br2N2O3/c1-9(8-19-3)17(4-5-18-2)11(7-16)12-6-10(14)13(15)20-12/h6,9,11H,4-5,7-8,16H2,1-3H3. The normalized spacial score (nSPS) is 14.8. The molecule has 0 spiro atoms. The van der Waals surface area contributed by atoms with E-state index in [2.05, 4.69) is 43.7 Å². The summed E-state index contributed by atoms with van der Waals surface area (Å²) in [4.78, 5) is 2.24. The first-order valence-corrected chi connectivity index (χ1v) is 8.02. The Morgan fingerprint density at radius 2 is 2.05 bits per heavy atom. The molecule has 0 aliphatic heterocycles. The zero-order chi connectivity index (χ0) is 15.1. The van der Waals surface area contributed by atoms with Crippen LogP contribution in [0.5, 0.6) is 0 Å². The first kappa shape index (κ1) is 18.1. The fraction of sp³-hybridized carbons (Fsp3) is 0.692. The molecule has 0 fully saturated rings. The van der Waals surface area contributed by atoms with E-state index >= 15 is 0 Å². The Kier molecular flexibility index (Phi) is 8.31. The van der Waals surface area contributed by atoms with Crippen LogP contribution in [0.1, 0.15) is 18.7 Å². The van der Waals surface area contributed by atoms with E-state index in [9.17, 15) is 0 Å². The van der Waals surface area contributed by atoms with Gasteiger partial charge in [-0.3, -0.25) is 4.90 Å². The molecule has 0 radical (unpaired) electrons. The summed E-state index contributed by atoms with van der Waals surface area (Å²) in [6.07, 6.45) is 0. The van der Waals surface area contributed by atoms with E-state index in [4.69, 9.17) is 19.6 Å². The van der Waals surface area contributed by atoms with Crippen molar-refractivity contribution in [2.45, 2.75) is 19.0 Å². The van der Waals surface area contributed by atoms with Gasteiger partial charge < -0.3 is 19.6 Å². The van der Waals surface area contributed by atoms with Crippen molar-refractivity contribution in [1.29, 1.82) is 0 Å². The minimum absolute atomic E-state index is 0.0158. The highest BCUT2D eigenvalue weighted by molar-refractivity contribution is 9.13. The van der Waals surface area contributed by atoms with Crippen LogP contribution >= 0.6 is 31.9 Å². The molecule has 1 aromatic rings. The molecule has 0 aliphatic rings. The zero-order valence-corrected chi connectivity index (χ0v) is 15.2. The summed E-state index contributed by atoms with van der Waals surface area (Å²) in [6.45, 7) is 4.59. The number of furan rings is 1. The molecule has 5 nitrogen and oxygen atoms in total. The van der Waals surface area contributed by atoms with E-state index in [0.717, 1.165) is 16.8 Å². The van der Waals surface area contributed by atoms with E-state index in [0.29, 0.717) is 24.4 Å². The van der Waals surface area contributed by atoms with Gasteiger partial charge in [0.25, 0.3) is 0 Å². The minimum Gasteiger partial charge on any atom is -0.451 e. The molecular formula is C13H22Br2N2O3. The van der Waals surface area contributed by atoms with E-state index in [1.807, 2.05) is 6.07 Å². The predicted molar refractivity (Wildman–Crippen MR) is 85.8 cm³/mol. The van der Waals surface area contributed by atoms with Crippen molar-refractivity contribution in [2.24, 2.45) is 5.73 Å². The number of nitrogens with zero attached hydrogens (tertiary/aromatic N) is 1. The molecule has 1 aromatic heterocycles. The van der Waals surface area contributed by atoms with Crippen LogP contribution in [-0.2, 0) is 9.47 Å². The zero-order valence-electron chi connectivity index (χ0n) is 12.1. The van der Waals surface area contributed by atoms with Crippen molar-refractivity contribution >= 4 is 31.9 Å². The molecule has 2 unspecified atom stereocenters. The van der Waals surface area contributed by atoms with Crippen LogP contribution in [0.15, 0.2) is 19.6 Å². The van der Waals surface area contributed by atoms with Crippen LogP contribution in [0.4, 0.5) is 0 Å². The quantitative estimate of drug-likeness (QED) is 0.674. The molecule has 0 aromatic carbocycles. The van der Waals surface area contributed by atoms with Gasteiger partial charge in [0.1, 0.15) is 5.76 Å². The van der Waals surface area contributed by atoms with E-state index in [1.165, 1.54) is 0 Å². The molecule has 116 valence electrons. The van der Waals surface area contributed by atoms with Crippen LogP contribution in [-0.4, -0.2) is 51.5 Å². The molecular weight excluding hydrogens is 392 g/mol. The van der Waals surface area contributed by atoms with Gasteiger partial charge in [0.05, 0.1) is 23.7 Å². The summed E-state index contributed by atoms with van der Waals surface area (Å²) in [5, 5.41) is 0. The lowest BCUT2D eigenvalue weighted by Crippen LogP contribution is -2.43. The average molecular weight is 414 g/mol. The molecule has 0 saturated heterocycles. The topological polar surface area (TPSA) is 60.9 Å². The number of rotatable bonds is 9. The molecule has 0 aliphatic carbocycles. The Morgan fingerprint density at radius 1 is 1.35 bits per heavy atom. The summed E-state index contributed by atoms with van der Waals surface area (Å²) in [6, 6.07) is 2.14. The van der Waals surface area contributed by atoms with E-state index in [1.54, 1.807) is 14.2 Å². The highest BCUT2D eigenvalue weighted by atomic mass is 79.9. The maximum atomic E-state index is 5.96. The van der Waals surface area contributed by atoms with E-state index < -0.39 is 0 Å². The first-order valence-electron chi connectivity index (χ1n) is 6.43. The van der Waals surface area contributed by atoms with Crippen molar-refractivity contribution in [3.63, 3.8) is 0 Å². The molecule has 7 heteroatoms. The highest BCUT2D eigenvalue weighted by Crippen LogP contribution is 2.32. The highest BCUT2D eigenvalue weighted by Gasteiger charge is 2.27. The fourth-order valence-electron chi connectivity index (χ4n) is 2.16. The third-order valence-electron chi connectivity index (χ3n) is 3.14. The van der Waals surface area contributed by atoms with Gasteiger partial charge in [-0.2, -0.15) is 0 Å². The summed E-state index contributed by atoms with van der Waals surface area (Å²) in [5.74, 6) is 0.824. The fourth-order valence-corrected chi connectivity index (χ4v) is 2.77. The summed E-state index contributed by atoms with van der Waals surface area (Å²) in [5.41, 5.74) is 5.96. The number of methoxy groups -OCH3 is 2. The van der Waals surface area contributed by atoms with Gasteiger partial charge in [-0.05, 0) is 44.8 Å². The minimum atomic E-state index is -0.0158. The largest absolute Gasteiger partial charge is 0.451 e. The van der Waals surface area contributed by atoms with Crippen molar-refractivity contribution < 1.29 is 13.9 Å². The number of hydrogen-bond donors (Lipinski definition) is 1. The third-order valence-corrected chi connectivity index (χ3v) is 4.85. The Hall–Kier alpha value is 0.0800. The second kappa shape index (κ2) is 9.17. The summed E-state index contributed by atoms with van der Waals surface area (Å²) in [7, 11) is 3.39. The van der Waals surface area contributed by atoms with Crippen LogP contribution in [0.25, 0.3) is 0 Å². The second-order valence-electron chi connectivity index (χ2n) is 4.56. The molecule has 2 N–H and O–H groups in total. The van der Waals surface area contributed by atoms with Gasteiger partial charge in [0.2, 0.25) is 0 Å². The Bertz CT molecular complexity index is 381. The molecule has 1 rings (SSSR count). The molecule has 0 saturated carbocycles. The van der Waals surface area contributed by atoms with Crippen LogP contribution in [0, 0.1) is 0 Å².